The molecule has 8 heteroatoms. The Morgan fingerprint density at radius 3 is 2.66 bits per heavy atom. The Kier molecular flexibility index (Phi) is 5.75. The van der Waals surface area contributed by atoms with E-state index in [4.69, 9.17) is 0 Å². The van der Waals surface area contributed by atoms with Crippen LogP contribution in [0.15, 0.2) is 40.6 Å². The molecule has 7 nitrogen and oxygen atoms in total. The largest absolute Gasteiger partial charge is 0.325 e. The van der Waals surface area contributed by atoms with Gasteiger partial charge in [0, 0.05) is 56.1 Å². The minimum atomic E-state index is -0.0343. The van der Waals surface area contributed by atoms with Crippen LogP contribution in [0.5, 0.6) is 0 Å². The fraction of sp³-hybridized carbons (Fsp3) is 0.381. The smallest absolute Gasteiger partial charge is 0.258 e. The van der Waals surface area contributed by atoms with Crippen LogP contribution in [-0.4, -0.2) is 57.8 Å². The van der Waals surface area contributed by atoms with Crippen LogP contribution < -0.4 is 10.9 Å². The summed E-state index contributed by atoms with van der Waals surface area (Å²) in [7, 11) is 0. The number of nitrogens with zero attached hydrogens (tertiary/aromatic N) is 4. The van der Waals surface area contributed by atoms with Gasteiger partial charge in [-0.1, -0.05) is 17.7 Å². The molecule has 1 aliphatic heterocycles. The molecule has 4 rings (SSSR count). The van der Waals surface area contributed by atoms with E-state index in [1.54, 1.807) is 16.7 Å². The third-order valence-corrected chi connectivity index (χ3v) is 5.99. The quantitative estimate of drug-likeness (QED) is 0.697. The highest BCUT2D eigenvalue weighted by Crippen LogP contribution is 2.16. The molecule has 0 aliphatic carbocycles. The Morgan fingerprint density at radius 2 is 1.90 bits per heavy atom. The standard InChI is InChI=1S/C21H25N5O2S/c1-15-3-4-18(16(2)11-15)23-19(27)14-25-7-5-24(6-8-25)13-17-12-20(28)26-9-10-29-21(26)22-17/h3-4,9-12H,5-8,13-14H2,1-2H3,(H,23,27). The normalized spacial score (nSPS) is 15.7. The second-order valence-corrected chi connectivity index (χ2v) is 8.43. The van der Waals surface area contributed by atoms with E-state index in [2.05, 4.69) is 26.2 Å². The lowest BCUT2D eigenvalue weighted by molar-refractivity contribution is -0.117. The molecule has 3 heterocycles. The van der Waals surface area contributed by atoms with Crippen molar-refractivity contribution in [3.63, 3.8) is 0 Å². The minimum Gasteiger partial charge on any atom is -0.325 e. The fourth-order valence-electron chi connectivity index (χ4n) is 3.65. The molecular weight excluding hydrogens is 386 g/mol. The van der Waals surface area contributed by atoms with Crippen molar-refractivity contribution in [2.24, 2.45) is 0 Å². The first-order valence-electron chi connectivity index (χ1n) is 9.75. The summed E-state index contributed by atoms with van der Waals surface area (Å²) in [5, 5.41) is 4.89. The van der Waals surface area contributed by atoms with Gasteiger partial charge in [-0.3, -0.25) is 23.8 Å². The summed E-state index contributed by atoms with van der Waals surface area (Å²) in [5.74, 6) is 0.0169. The maximum Gasteiger partial charge on any atom is 0.258 e. The van der Waals surface area contributed by atoms with Gasteiger partial charge in [0.05, 0.1) is 12.2 Å². The summed E-state index contributed by atoms with van der Waals surface area (Å²) in [4.78, 5) is 34.3. The number of nitrogens with one attached hydrogen (secondary N) is 1. The van der Waals surface area contributed by atoms with Gasteiger partial charge in [0.15, 0.2) is 4.96 Å². The average molecular weight is 412 g/mol. The van der Waals surface area contributed by atoms with Gasteiger partial charge >= 0.3 is 0 Å². The predicted octanol–water partition coefficient (Wildman–Crippen LogP) is 2.13. The van der Waals surface area contributed by atoms with Gasteiger partial charge in [0.25, 0.3) is 5.56 Å². The summed E-state index contributed by atoms with van der Waals surface area (Å²) >= 11 is 1.47. The number of rotatable bonds is 5. The fourth-order valence-corrected chi connectivity index (χ4v) is 4.39. The second kappa shape index (κ2) is 8.44. The number of aryl methyl sites for hydroxylation is 2. The number of aromatic nitrogens is 2. The van der Waals surface area contributed by atoms with Crippen molar-refractivity contribution < 1.29 is 4.79 Å². The van der Waals surface area contributed by atoms with Gasteiger partial charge in [-0.15, -0.1) is 11.3 Å². The van der Waals surface area contributed by atoms with Gasteiger partial charge in [0.1, 0.15) is 0 Å². The van der Waals surface area contributed by atoms with Crippen LogP contribution in [0.4, 0.5) is 5.69 Å². The average Bonchev–Trinajstić information content (AvgIpc) is 3.15. The van der Waals surface area contributed by atoms with E-state index in [0.717, 1.165) is 48.1 Å². The molecule has 0 saturated carbocycles. The first-order chi connectivity index (χ1) is 14.0. The number of anilines is 1. The van der Waals surface area contributed by atoms with Crippen molar-refractivity contribution in [3.8, 4) is 0 Å². The highest BCUT2D eigenvalue weighted by molar-refractivity contribution is 7.15. The number of amides is 1. The zero-order valence-corrected chi connectivity index (χ0v) is 17.5. The van der Waals surface area contributed by atoms with Crippen LogP contribution in [0, 0.1) is 13.8 Å². The van der Waals surface area contributed by atoms with Crippen LogP contribution >= 0.6 is 11.3 Å². The molecule has 0 spiro atoms. The van der Waals surface area contributed by atoms with Crippen LogP contribution in [0.25, 0.3) is 4.96 Å². The van der Waals surface area contributed by atoms with Gasteiger partial charge < -0.3 is 5.32 Å². The minimum absolute atomic E-state index is 0.0169. The van der Waals surface area contributed by atoms with Crippen LogP contribution in [0.3, 0.4) is 0 Å². The van der Waals surface area contributed by atoms with E-state index in [-0.39, 0.29) is 11.5 Å². The van der Waals surface area contributed by atoms with Crippen molar-refractivity contribution in [2.75, 3.05) is 38.0 Å². The lowest BCUT2D eigenvalue weighted by Gasteiger charge is -2.34. The Balaban J connectivity index is 1.28. The second-order valence-electron chi connectivity index (χ2n) is 7.56. The van der Waals surface area contributed by atoms with Crippen LogP contribution in [-0.2, 0) is 11.3 Å². The van der Waals surface area contributed by atoms with E-state index in [9.17, 15) is 9.59 Å². The number of carbonyl (C=O) groups excluding carboxylic acids is 1. The Bertz CT molecular complexity index is 1080. The van der Waals surface area contributed by atoms with Crippen molar-refractivity contribution in [2.45, 2.75) is 20.4 Å². The number of benzene rings is 1. The summed E-state index contributed by atoms with van der Waals surface area (Å²) in [6.45, 7) is 8.44. The van der Waals surface area contributed by atoms with Gasteiger partial charge in [0.2, 0.25) is 5.91 Å². The predicted molar refractivity (Wildman–Crippen MR) is 116 cm³/mol. The Labute approximate surface area is 173 Å². The van der Waals surface area contributed by atoms with Gasteiger partial charge in [-0.2, -0.15) is 0 Å². The molecule has 1 saturated heterocycles. The summed E-state index contributed by atoms with van der Waals surface area (Å²) < 4.78 is 1.57. The highest BCUT2D eigenvalue weighted by atomic mass is 32.1. The molecule has 152 valence electrons. The number of hydrogen-bond donors (Lipinski definition) is 1. The number of thiazole rings is 1. The zero-order chi connectivity index (χ0) is 20.4. The summed E-state index contributed by atoms with van der Waals surface area (Å²) in [6.07, 6.45) is 1.75. The van der Waals surface area contributed by atoms with Gasteiger partial charge in [-0.25, -0.2) is 4.98 Å². The summed E-state index contributed by atoms with van der Waals surface area (Å²) in [6, 6.07) is 7.65. The zero-order valence-electron chi connectivity index (χ0n) is 16.7. The number of fused-ring (bicyclic) bond motifs is 1. The van der Waals surface area contributed by atoms with E-state index in [1.807, 2.05) is 31.4 Å². The first kappa shape index (κ1) is 19.8. The topological polar surface area (TPSA) is 70.0 Å². The molecule has 1 aliphatic rings. The molecule has 3 aromatic rings. The molecule has 0 unspecified atom stereocenters. The molecule has 1 amide bonds. The van der Waals surface area contributed by atoms with Crippen molar-refractivity contribution in [3.05, 3.63) is 63.0 Å². The van der Waals surface area contributed by atoms with Crippen molar-refractivity contribution in [1.29, 1.82) is 0 Å². The van der Waals surface area contributed by atoms with E-state index >= 15 is 0 Å². The molecule has 0 bridgehead atoms. The molecule has 1 fully saturated rings. The highest BCUT2D eigenvalue weighted by Gasteiger charge is 2.20. The lowest BCUT2D eigenvalue weighted by Crippen LogP contribution is -2.48. The molecule has 2 aromatic heterocycles. The monoisotopic (exact) mass is 411 g/mol. The molecule has 0 radical (unpaired) electrons. The van der Waals surface area contributed by atoms with Gasteiger partial charge in [-0.05, 0) is 25.5 Å². The van der Waals surface area contributed by atoms with Crippen LogP contribution in [0.1, 0.15) is 16.8 Å². The molecule has 1 N–H and O–H groups in total. The first-order valence-corrected chi connectivity index (χ1v) is 10.6. The van der Waals surface area contributed by atoms with Crippen LogP contribution in [0.2, 0.25) is 0 Å². The lowest BCUT2D eigenvalue weighted by atomic mass is 10.1. The summed E-state index contributed by atoms with van der Waals surface area (Å²) in [5.41, 5.74) is 3.91. The number of hydrogen-bond acceptors (Lipinski definition) is 6. The van der Waals surface area contributed by atoms with Crippen molar-refractivity contribution in [1.82, 2.24) is 19.2 Å². The SMILES string of the molecule is Cc1ccc(NC(=O)CN2CCN(Cc3cc(=O)n4ccsc4n3)CC2)c(C)c1. The maximum absolute atomic E-state index is 12.4. The molecular formula is C21H25N5O2S. The molecule has 1 aromatic carbocycles. The third kappa shape index (κ3) is 4.72. The Morgan fingerprint density at radius 1 is 1.14 bits per heavy atom. The van der Waals surface area contributed by atoms with E-state index in [1.165, 1.54) is 16.9 Å². The maximum atomic E-state index is 12.4. The number of carbonyl (C=O) groups is 1. The van der Waals surface area contributed by atoms with E-state index < -0.39 is 0 Å². The van der Waals surface area contributed by atoms with Crippen molar-refractivity contribution >= 4 is 27.9 Å². The molecule has 0 atom stereocenters. The molecule has 29 heavy (non-hydrogen) atoms. The Hall–Kier alpha value is -2.55. The third-order valence-electron chi connectivity index (χ3n) is 5.23. The van der Waals surface area contributed by atoms with E-state index in [0.29, 0.717) is 13.1 Å². The number of piperazine rings is 1.